The minimum Gasteiger partial charge on any atom is -0.478 e. The Balaban J connectivity index is 1.98. The molecule has 86 valence electrons. The van der Waals surface area contributed by atoms with Gasteiger partial charge in [0.05, 0.1) is 11.3 Å². The van der Waals surface area contributed by atoms with Crippen molar-refractivity contribution in [3.8, 4) is 0 Å². The molecule has 0 saturated heterocycles. The SMILES string of the molecule is O=C(O)c1ccc(CSc2ccccc2)nc1. The van der Waals surface area contributed by atoms with E-state index in [9.17, 15) is 4.79 Å². The topological polar surface area (TPSA) is 50.2 Å². The maximum Gasteiger partial charge on any atom is 0.337 e. The van der Waals surface area contributed by atoms with E-state index >= 15 is 0 Å². The van der Waals surface area contributed by atoms with Crippen molar-refractivity contribution in [3.05, 3.63) is 59.9 Å². The van der Waals surface area contributed by atoms with Crippen LogP contribution in [0.15, 0.2) is 53.6 Å². The molecule has 1 aromatic heterocycles. The summed E-state index contributed by atoms with van der Waals surface area (Å²) in [7, 11) is 0. The van der Waals surface area contributed by atoms with Crippen LogP contribution in [0.25, 0.3) is 0 Å². The molecule has 4 heteroatoms. The van der Waals surface area contributed by atoms with Gasteiger partial charge in [0.25, 0.3) is 0 Å². The number of hydrogen-bond acceptors (Lipinski definition) is 3. The molecule has 0 amide bonds. The monoisotopic (exact) mass is 245 g/mol. The summed E-state index contributed by atoms with van der Waals surface area (Å²) in [6, 6.07) is 13.4. The second-order valence-electron chi connectivity index (χ2n) is 3.45. The average Bonchev–Trinajstić information content (AvgIpc) is 2.38. The van der Waals surface area contributed by atoms with Crippen LogP contribution in [0.3, 0.4) is 0 Å². The minimum atomic E-state index is -0.945. The van der Waals surface area contributed by atoms with Crippen molar-refractivity contribution in [1.29, 1.82) is 0 Å². The van der Waals surface area contributed by atoms with Crippen LogP contribution in [0.5, 0.6) is 0 Å². The summed E-state index contributed by atoms with van der Waals surface area (Å²) in [5.74, 6) is -0.205. The number of hydrogen-bond donors (Lipinski definition) is 1. The van der Waals surface area contributed by atoms with Crippen molar-refractivity contribution < 1.29 is 9.90 Å². The zero-order chi connectivity index (χ0) is 12.1. The van der Waals surface area contributed by atoms with Crippen molar-refractivity contribution in [2.75, 3.05) is 0 Å². The van der Waals surface area contributed by atoms with E-state index in [2.05, 4.69) is 4.98 Å². The second kappa shape index (κ2) is 5.50. The van der Waals surface area contributed by atoms with E-state index in [0.29, 0.717) is 0 Å². The van der Waals surface area contributed by atoms with E-state index in [0.717, 1.165) is 11.4 Å². The highest BCUT2D eigenvalue weighted by molar-refractivity contribution is 7.98. The molecular formula is C13H11NO2S. The summed E-state index contributed by atoms with van der Waals surface area (Å²) in [6.45, 7) is 0. The predicted octanol–water partition coefficient (Wildman–Crippen LogP) is 3.07. The lowest BCUT2D eigenvalue weighted by Crippen LogP contribution is -1.97. The maximum absolute atomic E-state index is 10.6. The zero-order valence-corrected chi connectivity index (χ0v) is 9.85. The minimum absolute atomic E-state index is 0.221. The zero-order valence-electron chi connectivity index (χ0n) is 9.04. The first-order valence-electron chi connectivity index (χ1n) is 5.12. The molecule has 2 aromatic rings. The molecule has 0 aliphatic rings. The van der Waals surface area contributed by atoms with Crippen LogP contribution in [-0.4, -0.2) is 16.1 Å². The van der Waals surface area contributed by atoms with Gasteiger partial charge in [-0.3, -0.25) is 4.98 Å². The maximum atomic E-state index is 10.6. The first-order chi connectivity index (χ1) is 8.25. The molecule has 0 bridgehead atoms. The van der Waals surface area contributed by atoms with Crippen LogP contribution >= 0.6 is 11.8 Å². The Morgan fingerprint density at radius 2 is 1.94 bits per heavy atom. The molecule has 1 heterocycles. The Hall–Kier alpha value is -1.81. The number of aromatic nitrogens is 1. The number of rotatable bonds is 4. The van der Waals surface area contributed by atoms with Crippen LogP contribution in [0.2, 0.25) is 0 Å². The van der Waals surface area contributed by atoms with Crippen LogP contribution < -0.4 is 0 Å². The molecule has 1 aromatic carbocycles. The lowest BCUT2D eigenvalue weighted by Gasteiger charge is -2.01. The molecule has 0 aliphatic heterocycles. The smallest absolute Gasteiger partial charge is 0.337 e. The summed E-state index contributed by atoms with van der Waals surface area (Å²) in [6.07, 6.45) is 1.39. The number of carbonyl (C=O) groups is 1. The van der Waals surface area contributed by atoms with Crippen LogP contribution in [-0.2, 0) is 5.75 Å². The van der Waals surface area contributed by atoms with Crippen LogP contribution in [0.4, 0.5) is 0 Å². The largest absolute Gasteiger partial charge is 0.478 e. The number of pyridine rings is 1. The van der Waals surface area contributed by atoms with Gasteiger partial charge in [0.2, 0.25) is 0 Å². The highest BCUT2D eigenvalue weighted by atomic mass is 32.2. The van der Waals surface area contributed by atoms with Gasteiger partial charge in [-0.05, 0) is 24.3 Å². The first kappa shape index (κ1) is 11.7. The van der Waals surface area contributed by atoms with Gasteiger partial charge in [-0.2, -0.15) is 0 Å². The number of carboxylic acid groups (broad SMARTS) is 1. The highest BCUT2D eigenvalue weighted by Crippen LogP contribution is 2.21. The van der Waals surface area contributed by atoms with E-state index in [-0.39, 0.29) is 5.56 Å². The lowest BCUT2D eigenvalue weighted by atomic mass is 10.2. The van der Waals surface area contributed by atoms with Gasteiger partial charge in [-0.25, -0.2) is 4.79 Å². The van der Waals surface area contributed by atoms with E-state index in [1.54, 1.807) is 23.9 Å². The van der Waals surface area contributed by atoms with Gasteiger partial charge in [0.15, 0.2) is 0 Å². The van der Waals surface area contributed by atoms with Gasteiger partial charge in [-0.15, -0.1) is 11.8 Å². The van der Waals surface area contributed by atoms with E-state index in [4.69, 9.17) is 5.11 Å². The molecule has 0 aliphatic carbocycles. The molecule has 0 atom stereocenters. The molecule has 0 radical (unpaired) electrons. The second-order valence-corrected chi connectivity index (χ2v) is 4.49. The number of aromatic carboxylic acids is 1. The number of carboxylic acids is 1. The third kappa shape index (κ3) is 3.32. The average molecular weight is 245 g/mol. The van der Waals surface area contributed by atoms with Crippen molar-refractivity contribution in [3.63, 3.8) is 0 Å². The fourth-order valence-electron chi connectivity index (χ4n) is 1.31. The fraction of sp³-hybridized carbons (Fsp3) is 0.0769. The van der Waals surface area contributed by atoms with Crippen LogP contribution in [0, 0.1) is 0 Å². The third-order valence-electron chi connectivity index (χ3n) is 2.20. The predicted molar refractivity (Wildman–Crippen MR) is 67.2 cm³/mol. The number of nitrogens with zero attached hydrogens (tertiary/aromatic N) is 1. The van der Waals surface area contributed by atoms with Crippen molar-refractivity contribution in [2.24, 2.45) is 0 Å². The fourth-order valence-corrected chi connectivity index (χ4v) is 2.15. The number of benzene rings is 1. The molecular weight excluding hydrogens is 234 g/mol. The van der Waals surface area contributed by atoms with E-state index in [1.807, 2.05) is 30.3 Å². The molecule has 1 N–H and O–H groups in total. The molecule has 3 nitrogen and oxygen atoms in total. The molecule has 0 unspecified atom stereocenters. The summed E-state index contributed by atoms with van der Waals surface area (Å²) < 4.78 is 0. The van der Waals surface area contributed by atoms with Gasteiger partial charge >= 0.3 is 5.97 Å². The lowest BCUT2D eigenvalue weighted by molar-refractivity contribution is 0.0696. The quantitative estimate of drug-likeness (QED) is 0.841. The van der Waals surface area contributed by atoms with Crippen molar-refractivity contribution in [1.82, 2.24) is 4.98 Å². The van der Waals surface area contributed by atoms with Gasteiger partial charge < -0.3 is 5.11 Å². The number of thioether (sulfide) groups is 1. The molecule has 17 heavy (non-hydrogen) atoms. The Labute approximate surface area is 104 Å². The Kier molecular flexibility index (Phi) is 3.77. The van der Waals surface area contributed by atoms with Crippen molar-refractivity contribution >= 4 is 17.7 Å². The molecule has 2 rings (SSSR count). The molecule has 0 fully saturated rings. The summed E-state index contributed by atoms with van der Waals surface area (Å²) in [4.78, 5) is 15.9. The Bertz CT molecular complexity index is 497. The van der Waals surface area contributed by atoms with Crippen LogP contribution in [0.1, 0.15) is 16.1 Å². The van der Waals surface area contributed by atoms with E-state index < -0.39 is 5.97 Å². The highest BCUT2D eigenvalue weighted by Gasteiger charge is 2.03. The first-order valence-corrected chi connectivity index (χ1v) is 6.10. The van der Waals surface area contributed by atoms with Gasteiger partial charge in [-0.1, -0.05) is 18.2 Å². The van der Waals surface area contributed by atoms with E-state index in [1.165, 1.54) is 11.1 Å². The third-order valence-corrected chi connectivity index (χ3v) is 3.25. The van der Waals surface area contributed by atoms with Gasteiger partial charge in [0.1, 0.15) is 0 Å². The molecule has 0 saturated carbocycles. The summed E-state index contributed by atoms with van der Waals surface area (Å²) >= 11 is 1.68. The Morgan fingerprint density at radius 1 is 1.18 bits per heavy atom. The molecule has 0 spiro atoms. The van der Waals surface area contributed by atoms with Crippen molar-refractivity contribution in [2.45, 2.75) is 10.6 Å². The Morgan fingerprint density at radius 3 is 2.53 bits per heavy atom. The summed E-state index contributed by atoms with van der Waals surface area (Å²) in [5, 5.41) is 8.74. The van der Waals surface area contributed by atoms with Gasteiger partial charge in [0, 0.05) is 16.8 Å². The normalized spacial score (nSPS) is 10.1. The standard InChI is InChI=1S/C13H11NO2S/c15-13(16)10-6-7-11(14-8-10)9-17-12-4-2-1-3-5-12/h1-8H,9H2,(H,15,16). The summed E-state index contributed by atoms with van der Waals surface area (Å²) in [5.41, 5.74) is 1.10.